The first-order valence-electron chi connectivity index (χ1n) is 7.54. The number of hydrogen-bond acceptors (Lipinski definition) is 2. The normalized spacial score (nSPS) is 27.0. The van der Waals surface area contributed by atoms with Gasteiger partial charge in [0.25, 0.3) is 0 Å². The predicted molar refractivity (Wildman–Crippen MR) is 77.5 cm³/mol. The molecule has 3 rings (SSSR count). The zero-order valence-corrected chi connectivity index (χ0v) is 12.4. The number of nitrogens with zero attached hydrogens (tertiary/aromatic N) is 1. The van der Waals surface area contributed by atoms with Gasteiger partial charge in [-0.3, -0.25) is 0 Å². The highest BCUT2D eigenvalue weighted by Crippen LogP contribution is 2.37. The van der Waals surface area contributed by atoms with Crippen LogP contribution >= 0.6 is 0 Å². The Morgan fingerprint density at radius 3 is 2.57 bits per heavy atom. The average molecular weight is 298 g/mol. The molecule has 5 heteroatoms. The molecule has 116 valence electrons. The van der Waals surface area contributed by atoms with Crippen molar-refractivity contribution in [2.24, 2.45) is 5.92 Å². The van der Waals surface area contributed by atoms with Crippen LogP contribution in [0.25, 0.3) is 0 Å². The maximum Gasteiger partial charge on any atom is 0.416 e. The average Bonchev–Trinajstić information content (AvgIpc) is 3.23. The van der Waals surface area contributed by atoms with Crippen molar-refractivity contribution in [3.05, 3.63) is 29.3 Å². The summed E-state index contributed by atoms with van der Waals surface area (Å²) in [5.74, 6) is 0.700. The third-order valence-corrected chi connectivity index (χ3v) is 4.64. The van der Waals surface area contributed by atoms with Crippen molar-refractivity contribution in [2.75, 3.05) is 18.0 Å². The lowest BCUT2D eigenvalue weighted by molar-refractivity contribution is -0.137. The zero-order chi connectivity index (χ0) is 15.2. The molecule has 2 aliphatic rings. The van der Waals surface area contributed by atoms with E-state index in [9.17, 15) is 13.2 Å². The molecular formula is C16H21F3N2. The largest absolute Gasteiger partial charge is 0.416 e. The van der Waals surface area contributed by atoms with Crippen LogP contribution in [0.15, 0.2) is 18.2 Å². The third-order valence-electron chi connectivity index (χ3n) is 4.64. The van der Waals surface area contributed by atoms with Crippen LogP contribution in [0.2, 0.25) is 0 Å². The Balaban J connectivity index is 1.89. The van der Waals surface area contributed by atoms with Gasteiger partial charge in [-0.15, -0.1) is 0 Å². The highest BCUT2D eigenvalue weighted by molar-refractivity contribution is 5.57. The van der Waals surface area contributed by atoms with E-state index in [1.807, 2.05) is 6.92 Å². The number of piperazine rings is 1. The molecule has 1 saturated heterocycles. The van der Waals surface area contributed by atoms with Crippen LogP contribution in [-0.4, -0.2) is 25.2 Å². The minimum Gasteiger partial charge on any atom is -0.366 e. The summed E-state index contributed by atoms with van der Waals surface area (Å²) in [4.78, 5) is 2.14. The zero-order valence-electron chi connectivity index (χ0n) is 12.4. The number of aryl methyl sites for hydroxylation is 1. The fourth-order valence-electron chi connectivity index (χ4n) is 3.13. The molecule has 1 heterocycles. The molecule has 0 aromatic heterocycles. The fraction of sp³-hybridized carbons (Fsp3) is 0.625. The van der Waals surface area contributed by atoms with E-state index in [4.69, 9.17) is 0 Å². The molecule has 2 fully saturated rings. The maximum atomic E-state index is 12.9. The minimum atomic E-state index is -4.28. The molecule has 1 aromatic carbocycles. The summed E-state index contributed by atoms with van der Waals surface area (Å²) >= 11 is 0. The van der Waals surface area contributed by atoms with Crippen molar-refractivity contribution in [3.8, 4) is 0 Å². The van der Waals surface area contributed by atoms with Crippen LogP contribution in [0.3, 0.4) is 0 Å². The van der Waals surface area contributed by atoms with Gasteiger partial charge in [0.2, 0.25) is 0 Å². The van der Waals surface area contributed by atoms with Crippen LogP contribution in [0.4, 0.5) is 18.9 Å². The van der Waals surface area contributed by atoms with Gasteiger partial charge in [-0.25, -0.2) is 0 Å². The maximum absolute atomic E-state index is 12.9. The second-order valence-corrected chi connectivity index (χ2v) is 6.35. The van der Waals surface area contributed by atoms with Crippen molar-refractivity contribution < 1.29 is 13.2 Å². The summed E-state index contributed by atoms with van der Waals surface area (Å²) in [6.45, 7) is 5.58. The highest BCUT2D eigenvalue weighted by atomic mass is 19.4. The number of alkyl halides is 3. The van der Waals surface area contributed by atoms with E-state index >= 15 is 0 Å². The van der Waals surface area contributed by atoms with E-state index in [1.54, 1.807) is 6.07 Å². The quantitative estimate of drug-likeness (QED) is 0.897. The molecular weight excluding hydrogens is 277 g/mol. The molecule has 0 radical (unpaired) electrons. The molecule has 1 aromatic rings. The number of halogens is 3. The summed E-state index contributed by atoms with van der Waals surface area (Å²) in [6.07, 6.45) is -1.81. The van der Waals surface area contributed by atoms with Gasteiger partial charge in [0.05, 0.1) is 5.56 Å². The Kier molecular flexibility index (Phi) is 3.64. The van der Waals surface area contributed by atoms with Crippen molar-refractivity contribution in [2.45, 2.75) is 44.9 Å². The predicted octanol–water partition coefficient (Wildman–Crippen LogP) is 3.59. The number of rotatable bonds is 2. The van der Waals surface area contributed by atoms with Gasteiger partial charge < -0.3 is 10.2 Å². The van der Waals surface area contributed by atoms with E-state index in [-0.39, 0.29) is 6.04 Å². The van der Waals surface area contributed by atoms with Gasteiger partial charge in [0.1, 0.15) is 0 Å². The molecule has 2 atom stereocenters. The van der Waals surface area contributed by atoms with Gasteiger partial charge in [-0.05, 0) is 50.3 Å². The smallest absolute Gasteiger partial charge is 0.366 e. The number of hydrogen-bond donors (Lipinski definition) is 1. The summed E-state index contributed by atoms with van der Waals surface area (Å²) in [6, 6.07) is 4.68. The van der Waals surface area contributed by atoms with E-state index in [0.717, 1.165) is 24.3 Å². The molecule has 1 aliphatic carbocycles. The van der Waals surface area contributed by atoms with Crippen LogP contribution in [0.1, 0.15) is 30.9 Å². The molecule has 2 unspecified atom stereocenters. The molecule has 1 aliphatic heterocycles. The Bertz CT molecular complexity index is 523. The topological polar surface area (TPSA) is 15.3 Å². The van der Waals surface area contributed by atoms with Crippen molar-refractivity contribution in [1.29, 1.82) is 0 Å². The van der Waals surface area contributed by atoms with Crippen LogP contribution in [-0.2, 0) is 6.18 Å². The molecule has 2 nitrogen and oxygen atoms in total. The van der Waals surface area contributed by atoms with Crippen LogP contribution in [0, 0.1) is 12.8 Å². The number of anilines is 1. The lowest BCUT2D eigenvalue weighted by Gasteiger charge is -2.41. The second kappa shape index (κ2) is 5.20. The first-order chi connectivity index (χ1) is 9.86. The summed E-state index contributed by atoms with van der Waals surface area (Å²) in [5, 5.41) is 3.53. The summed E-state index contributed by atoms with van der Waals surface area (Å²) in [7, 11) is 0. The van der Waals surface area contributed by atoms with Crippen LogP contribution < -0.4 is 10.2 Å². The van der Waals surface area contributed by atoms with Gasteiger partial charge in [-0.1, -0.05) is 6.07 Å². The Morgan fingerprint density at radius 2 is 1.95 bits per heavy atom. The Labute approximate surface area is 123 Å². The molecule has 1 saturated carbocycles. The molecule has 1 N–H and O–H groups in total. The summed E-state index contributed by atoms with van der Waals surface area (Å²) in [5.41, 5.74) is 1.08. The lowest BCUT2D eigenvalue weighted by atomic mass is 10.0. The fourth-order valence-corrected chi connectivity index (χ4v) is 3.13. The minimum absolute atomic E-state index is 0.210. The van der Waals surface area contributed by atoms with Crippen molar-refractivity contribution >= 4 is 5.69 Å². The van der Waals surface area contributed by atoms with E-state index < -0.39 is 11.7 Å². The first kappa shape index (κ1) is 14.7. The van der Waals surface area contributed by atoms with E-state index in [1.165, 1.54) is 25.0 Å². The first-order valence-corrected chi connectivity index (χ1v) is 7.54. The number of nitrogens with one attached hydrogen (secondary N) is 1. The Morgan fingerprint density at radius 1 is 1.24 bits per heavy atom. The van der Waals surface area contributed by atoms with Gasteiger partial charge in [0, 0.05) is 30.9 Å². The third kappa shape index (κ3) is 3.03. The molecule has 0 amide bonds. The van der Waals surface area contributed by atoms with Gasteiger partial charge >= 0.3 is 6.18 Å². The van der Waals surface area contributed by atoms with E-state index in [0.29, 0.717) is 12.0 Å². The second-order valence-electron chi connectivity index (χ2n) is 6.35. The Hall–Kier alpha value is -1.23. The number of benzene rings is 1. The van der Waals surface area contributed by atoms with Crippen LogP contribution in [0.5, 0.6) is 0 Å². The van der Waals surface area contributed by atoms with E-state index in [2.05, 4.69) is 17.1 Å². The van der Waals surface area contributed by atoms with Crippen molar-refractivity contribution in [3.63, 3.8) is 0 Å². The highest BCUT2D eigenvalue weighted by Gasteiger charge is 2.37. The van der Waals surface area contributed by atoms with Gasteiger partial charge in [0.15, 0.2) is 0 Å². The monoisotopic (exact) mass is 298 g/mol. The van der Waals surface area contributed by atoms with Gasteiger partial charge in [-0.2, -0.15) is 13.2 Å². The summed E-state index contributed by atoms with van der Waals surface area (Å²) < 4.78 is 38.8. The molecule has 21 heavy (non-hydrogen) atoms. The van der Waals surface area contributed by atoms with Crippen molar-refractivity contribution in [1.82, 2.24) is 5.32 Å². The molecule has 0 spiro atoms. The molecule has 0 bridgehead atoms. The standard InChI is InChI=1S/C16H21F3N2/c1-10-3-6-13(16(17,18)19)7-15(10)21-9-14(12-4-5-12)20-8-11(21)2/h3,6-7,11-12,14,20H,4-5,8-9H2,1-2H3. The lowest BCUT2D eigenvalue weighted by Crippen LogP contribution is -2.56. The SMILES string of the molecule is Cc1ccc(C(F)(F)F)cc1N1CC(C2CC2)NCC1C.